The molecular formula is C25H34N2. The van der Waals surface area contributed by atoms with E-state index in [2.05, 4.69) is 97.8 Å². The Balaban J connectivity index is 2.62. The lowest BCUT2D eigenvalue weighted by Crippen LogP contribution is -1.95. The van der Waals surface area contributed by atoms with E-state index in [-0.39, 0.29) is 0 Å². The van der Waals surface area contributed by atoms with Crippen molar-refractivity contribution in [2.75, 3.05) is 0 Å². The van der Waals surface area contributed by atoms with Crippen LogP contribution in [0.3, 0.4) is 0 Å². The molecule has 0 unspecified atom stereocenters. The Hall–Kier alpha value is -2.18. The molecule has 2 nitrogen and oxygen atoms in total. The zero-order chi connectivity index (χ0) is 20.1. The van der Waals surface area contributed by atoms with Crippen molar-refractivity contribution in [3.63, 3.8) is 0 Å². The number of hydrogen-bond donors (Lipinski definition) is 0. The molecule has 0 atom stereocenters. The fourth-order valence-electron chi connectivity index (χ4n) is 3.41. The Labute approximate surface area is 165 Å². The maximum absolute atomic E-state index is 4.73. The molecule has 0 spiro atoms. The second-order valence-electron chi connectivity index (χ2n) is 8.51. The van der Waals surface area contributed by atoms with Crippen LogP contribution in [0.2, 0.25) is 0 Å². The topological polar surface area (TPSA) is 24.7 Å². The Morgan fingerprint density at radius 2 is 0.778 bits per heavy atom. The van der Waals surface area contributed by atoms with Crippen LogP contribution in [-0.4, -0.2) is 6.01 Å². The van der Waals surface area contributed by atoms with Gasteiger partial charge in [0, 0.05) is 0 Å². The number of benzene rings is 2. The molecule has 0 aliphatic carbocycles. The summed E-state index contributed by atoms with van der Waals surface area (Å²) < 4.78 is 0. The lowest BCUT2D eigenvalue weighted by atomic mass is 9.93. The van der Waals surface area contributed by atoms with Crippen molar-refractivity contribution in [1.82, 2.24) is 0 Å². The van der Waals surface area contributed by atoms with Crippen molar-refractivity contribution >= 4 is 17.4 Å². The van der Waals surface area contributed by atoms with Crippen molar-refractivity contribution < 1.29 is 0 Å². The molecule has 0 N–H and O–H groups in total. The first kappa shape index (κ1) is 21.1. The van der Waals surface area contributed by atoms with Gasteiger partial charge in [0.05, 0.1) is 11.4 Å². The van der Waals surface area contributed by atoms with Gasteiger partial charge in [-0.05, 0) is 45.9 Å². The monoisotopic (exact) mass is 362 g/mol. The van der Waals surface area contributed by atoms with Gasteiger partial charge >= 0.3 is 0 Å². The molecule has 144 valence electrons. The minimum Gasteiger partial charge on any atom is -0.187 e. The predicted molar refractivity (Wildman–Crippen MR) is 118 cm³/mol. The summed E-state index contributed by atoms with van der Waals surface area (Å²) >= 11 is 0. The summed E-state index contributed by atoms with van der Waals surface area (Å²) in [5.41, 5.74) is 7.07. The van der Waals surface area contributed by atoms with Crippen molar-refractivity contribution in [2.45, 2.75) is 79.1 Å². The Bertz CT molecular complexity index is 715. The van der Waals surface area contributed by atoms with Crippen LogP contribution < -0.4 is 0 Å². The Morgan fingerprint density at radius 3 is 1.00 bits per heavy atom. The first-order valence-corrected chi connectivity index (χ1v) is 10.2. The van der Waals surface area contributed by atoms with Crippen molar-refractivity contribution in [3.8, 4) is 0 Å². The zero-order valence-electron chi connectivity index (χ0n) is 18.2. The van der Waals surface area contributed by atoms with E-state index in [1.165, 1.54) is 22.3 Å². The highest BCUT2D eigenvalue weighted by molar-refractivity contribution is 5.67. The van der Waals surface area contributed by atoms with E-state index in [1.54, 1.807) is 0 Å². The van der Waals surface area contributed by atoms with Gasteiger partial charge in [-0.1, -0.05) is 91.8 Å². The molecule has 2 aromatic rings. The van der Waals surface area contributed by atoms with Crippen LogP contribution in [0.1, 0.15) is 101 Å². The Morgan fingerprint density at radius 1 is 0.519 bits per heavy atom. The minimum atomic E-state index is 0.415. The molecule has 0 saturated heterocycles. The predicted octanol–water partition coefficient (Wildman–Crippen LogP) is 8.32. The van der Waals surface area contributed by atoms with E-state index in [4.69, 9.17) is 9.98 Å². The molecule has 0 radical (unpaired) electrons. The normalized spacial score (nSPS) is 11.4. The SMILES string of the molecule is CC(C)c1cccc(C(C)C)c1N=C=Nc1c(C(C)C)cccc1C(C)C. The largest absolute Gasteiger partial charge is 0.187 e. The van der Waals surface area contributed by atoms with Gasteiger partial charge in [-0.15, -0.1) is 0 Å². The number of rotatable bonds is 6. The average Bonchev–Trinajstić information content (AvgIpc) is 2.61. The van der Waals surface area contributed by atoms with Gasteiger partial charge in [0.25, 0.3) is 0 Å². The molecule has 0 fully saturated rings. The highest BCUT2D eigenvalue weighted by Gasteiger charge is 2.14. The fraction of sp³-hybridized carbons (Fsp3) is 0.480. The summed E-state index contributed by atoms with van der Waals surface area (Å²) in [7, 11) is 0. The van der Waals surface area contributed by atoms with Crippen LogP contribution in [0, 0.1) is 0 Å². The van der Waals surface area contributed by atoms with Crippen LogP contribution in [0.25, 0.3) is 0 Å². The molecular weight excluding hydrogens is 328 g/mol. The van der Waals surface area contributed by atoms with Gasteiger partial charge in [0.15, 0.2) is 0 Å². The van der Waals surface area contributed by atoms with Gasteiger partial charge in [0.2, 0.25) is 0 Å². The van der Waals surface area contributed by atoms with Gasteiger partial charge in [0.1, 0.15) is 6.01 Å². The minimum absolute atomic E-state index is 0.415. The molecule has 27 heavy (non-hydrogen) atoms. The molecule has 2 heteroatoms. The summed E-state index contributed by atoms with van der Waals surface area (Å²) in [5.74, 6) is 1.66. The summed E-state index contributed by atoms with van der Waals surface area (Å²) in [6.07, 6.45) is 0. The molecule has 0 aliphatic heterocycles. The van der Waals surface area contributed by atoms with Crippen molar-refractivity contribution in [3.05, 3.63) is 58.7 Å². The second-order valence-corrected chi connectivity index (χ2v) is 8.51. The molecule has 0 bridgehead atoms. The summed E-state index contributed by atoms with van der Waals surface area (Å²) in [4.78, 5) is 9.46. The van der Waals surface area contributed by atoms with E-state index in [9.17, 15) is 0 Å². The molecule has 2 rings (SSSR count). The van der Waals surface area contributed by atoms with Gasteiger partial charge < -0.3 is 0 Å². The third kappa shape index (κ3) is 4.96. The molecule has 0 amide bonds. The van der Waals surface area contributed by atoms with Gasteiger partial charge in [-0.2, -0.15) is 9.98 Å². The smallest absolute Gasteiger partial charge is 0.101 e. The highest BCUT2D eigenvalue weighted by Crippen LogP contribution is 2.36. The van der Waals surface area contributed by atoms with Gasteiger partial charge in [-0.3, -0.25) is 0 Å². The average molecular weight is 363 g/mol. The lowest BCUT2D eigenvalue weighted by molar-refractivity contribution is 0.833. The van der Waals surface area contributed by atoms with E-state index in [0.29, 0.717) is 23.7 Å². The number of nitrogens with zero attached hydrogens (tertiary/aromatic N) is 2. The third-order valence-electron chi connectivity index (χ3n) is 5.01. The molecule has 0 heterocycles. The van der Waals surface area contributed by atoms with Crippen molar-refractivity contribution in [1.29, 1.82) is 0 Å². The van der Waals surface area contributed by atoms with Crippen LogP contribution in [0.5, 0.6) is 0 Å². The standard InChI is InChI=1S/C25H34N2/c1-16(2)20-11-9-12-21(17(3)4)24(20)26-15-27-25-22(18(5)6)13-10-14-23(25)19(7)8/h9-14,16-19H,1-8H3. The fourth-order valence-corrected chi connectivity index (χ4v) is 3.41. The number of aliphatic imine (C=N–C) groups is 2. The number of hydrogen-bond acceptors (Lipinski definition) is 2. The maximum Gasteiger partial charge on any atom is 0.101 e. The zero-order valence-corrected chi connectivity index (χ0v) is 18.2. The first-order chi connectivity index (χ1) is 12.7. The molecule has 0 aromatic heterocycles. The van der Waals surface area contributed by atoms with Crippen LogP contribution in [0.15, 0.2) is 46.4 Å². The van der Waals surface area contributed by atoms with E-state index >= 15 is 0 Å². The lowest BCUT2D eigenvalue weighted by Gasteiger charge is -2.16. The van der Waals surface area contributed by atoms with Crippen molar-refractivity contribution in [2.24, 2.45) is 9.98 Å². The van der Waals surface area contributed by atoms with E-state index in [0.717, 1.165) is 11.4 Å². The Kier molecular flexibility index (Phi) is 7.16. The molecule has 0 saturated carbocycles. The van der Waals surface area contributed by atoms with Crippen LogP contribution >= 0.6 is 0 Å². The quantitative estimate of drug-likeness (QED) is 0.461. The first-order valence-electron chi connectivity index (χ1n) is 10.2. The summed E-state index contributed by atoms with van der Waals surface area (Å²) in [5, 5.41) is 0. The number of para-hydroxylation sites is 2. The van der Waals surface area contributed by atoms with Crippen LogP contribution in [-0.2, 0) is 0 Å². The molecule has 0 aliphatic rings. The second kappa shape index (κ2) is 9.15. The molecule has 2 aromatic carbocycles. The summed E-state index contributed by atoms with van der Waals surface area (Å²) in [6.45, 7) is 17.7. The summed E-state index contributed by atoms with van der Waals surface area (Å²) in [6, 6.07) is 16.0. The third-order valence-corrected chi connectivity index (χ3v) is 5.01. The van der Waals surface area contributed by atoms with Crippen LogP contribution in [0.4, 0.5) is 11.4 Å². The highest BCUT2D eigenvalue weighted by atomic mass is 14.8. The van der Waals surface area contributed by atoms with E-state index in [1.807, 2.05) is 0 Å². The van der Waals surface area contributed by atoms with E-state index < -0.39 is 0 Å². The van der Waals surface area contributed by atoms with Gasteiger partial charge in [-0.25, -0.2) is 0 Å². The maximum atomic E-state index is 4.73.